The Bertz CT molecular complexity index is 518. The molecule has 1 amide bonds. The van der Waals surface area contributed by atoms with Crippen molar-refractivity contribution in [3.63, 3.8) is 0 Å². The first kappa shape index (κ1) is 14.7. The van der Waals surface area contributed by atoms with Gasteiger partial charge in [0.2, 0.25) is 5.91 Å². The number of nitrogens with one attached hydrogen (secondary N) is 1. The number of amides is 1. The van der Waals surface area contributed by atoms with E-state index in [-0.39, 0.29) is 5.56 Å². The number of carbonyl (C=O) groups excluding carboxylic acids is 1. The van der Waals surface area contributed by atoms with Crippen molar-refractivity contribution in [1.29, 1.82) is 0 Å². The first-order valence-electron chi connectivity index (χ1n) is 5.10. The van der Waals surface area contributed by atoms with Crippen molar-refractivity contribution in [2.75, 3.05) is 0 Å². The number of aliphatic carboxylic acids is 1. The van der Waals surface area contributed by atoms with E-state index in [0.29, 0.717) is 0 Å². The lowest BCUT2D eigenvalue weighted by Gasteiger charge is -2.07. The number of alkyl halides is 3. The lowest BCUT2D eigenvalue weighted by molar-refractivity contribution is -0.137. The van der Waals surface area contributed by atoms with Crippen LogP contribution in [0.5, 0.6) is 0 Å². The molecule has 0 aromatic heterocycles. The highest BCUT2D eigenvalue weighted by Crippen LogP contribution is 2.29. The standard InChI is InChI=1S/C12H10F3NO3/c1-7(17)16-10(11(18)19)6-8-2-4-9(5-3-8)12(13,14)15/h2-6H,1H3,(H,16,17)(H,18,19)/b10-6-. The Morgan fingerprint density at radius 3 is 2.11 bits per heavy atom. The zero-order valence-electron chi connectivity index (χ0n) is 9.78. The molecule has 0 saturated carbocycles. The second-order valence-corrected chi connectivity index (χ2v) is 3.66. The summed E-state index contributed by atoms with van der Waals surface area (Å²) < 4.78 is 36.9. The normalized spacial score (nSPS) is 12.1. The molecule has 0 bridgehead atoms. The lowest BCUT2D eigenvalue weighted by Crippen LogP contribution is -2.24. The van der Waals surface area contributed by atoms with Crippen LogP contribution in [0.15, 0.2) is 30.0 Å². The van der Waals surface area contributed by atoms with Gasteiger partial charge in [0.15, 0.2) is 0 Å². The third-order valence-corrected chi connectivity index (χ3v) is 2.09. The Labute approximate surface area is 106 Å². The maximum atomic E-state index is 12.3. The second kappa shape index (κ2) is 5.55. The molecule has 2 N–H and O–H groups in total. The zero-order chi connectivity index (χ0) is 14.6. The Morgan fingerprint density at radius 1 is 1.21 bits per heavy atom. The SMILES string of the molecule is CC(=O)N/C(=C\c1ccc(C(F)(F)F)cc1)C(=O)O. The minimum atomic E-state index is -4.45. The van der Waals surface area contributed by atoms with E-state index in [1.54, 1.807) is 0 Å². The number of carbonyl (C=O) groups is 2. The molecule has 4 nitrogen and oxygen atoms in total. The van der Waals surface area contributed by atoms with E-state index in [9.17, 15) is 22.8 Å². The van der Waals surface area contributed by atoms with Gasteiger partial charge in [0.05, 0.1) is 5.56 Å². The van der Waals surface area contributed by atoms with Gasteiger partial charge in [-0.15, -0.1) is 0 Å². The van der Waals surface area contributed by atoms with Gasteiger partial charge in [-0.1, -0.05) is 12.1 Å². The molecule has 0 fully saturated rings. The molecule has 0 aliphatic heterocycles. The predicted octanol–water partition coefficient (Wildman–Crippen LogP) is 2.27. The van der Waals surface area contributed by atoms with Crippen molar-refractivity contribution in [2.24, 2.45) is 0 Å². The van der Waals surface area contributed by atoms with Gasteiger partial charge in [-0.05, 0) is 23.8 Å². The van der Waals surface area contributed by atoms with Gasteiger partial charge in [-0.25, -0.2) is 4.79 Å². The van der Waals surface area contributed by atoms with Gasteiger partial charge in [-0.2, -0.15) is 13.2 Å². The third-order valence-electron chi connectivity index (χ3n) is 2.09. The molecule has 0 radical (unpaired) electrons. The molecule has 0 spiro atoms. The van der Waals surface area contributed by atoms with E-state index in [1.165, 1.54) is 0 Å². The average molecular weight is 273 g/mol. The van der Waals surface area contributed by atoms with E-state index >= 15 is 0 Å². The highest BCUT2D eigenvalue weighted by atomic mass is 19.4. The molecule has 102 valence electrons. The van der Waals surface area contributed by atoms with Crippen LogP contribution in [-0.4, -0.2) is 17.0 Å². The summed E-state index contributed by atoms with van der Waals surface area (Å²) >= 11 is 0. The van der Waals surface area contributed by atoms with Gasteiger partial charge in [0, 0.05) is 6.92 Å². The van der Waals surface area contributed by atoms with Crippen LogP contribution in [0, 0.1) is 0 Å². The Balaban J connectivity index is 3.03. The predicted molar refractivity (Wildman–Crippen MR) is 60.9 cm³/mol. The summed E-state index contributed by atoms with van der Waals surface area (Å²) in [6.45, 7) is 1.13. The van der Waals surface area contributed by atoms with E-state index in [2.05, 4.69) is 5.32 Å². The quantitative estimate of drug-likeness (QED) is 0.830. The van der Waals surface area contributed by atoms with E-state index in [1.807, 2.05) is 0 Å². The fraction of sp³-hybridized carbons (Fsp3) is 0.167. The number of rotatable bonds is 3. The fourth-order valence-corrected chi connectivity index (χ4v) is 1.28. The monoisotopic (exact) mass is 273 g/mol. The molecule has 0 unspecified atom stereocenters. The highest BCUT2D eigenvalue weighted by Gasteiger charge is 2.29. The molecule has 1 aromatic carbocycles. The van der Waals surface area contributed by atoms with Crippen molar-refractivity contribution in [3.05, 3.63) is 41.1 Å². The number of benzene rings is 1. The largest absolute Gasteiger partial charge is 0.477 e. The van der Waals surface area contributed by atoms with Crippen LogP contribution in [0.2, 0.25) is 0 Å². The fourth-order valence-electron chi connectivity index (χ4n) is 1.28. The van der Waals surface area contributed by atoms with E-state index in [0.717, 1.165) is 37.3 Å². The van der Waals surface area contributed by atoms with Crippen molar-refractivity contribution < 1.29 is 27.9 Å². The Kier molecular flexibility index (Phi) is 4.31. The molecule has 0 aliphatic carbocycles. The summed E-state index contributed by atoms with van der Waals surface area (Å²) in [4.78, 5) is 21.6. The van der Waals surface area contributed by atoms with Crippen LogP contribution in [0.4, 0.5) is 13.2 Å². The summed E-state index contributed by atoms with van der Waals surface area (Å²) in [5, 5.41) is 10.9. The Hall–Kier alpha value is -2.31. The van der Waals surface area contributed by atoms with Crippen LogP contribution in [0.25, 0.3) is 6.08 Å². The van der Waals surface area contributed by atoms with Crippen molar-refractivity contribution in [3.8, 4) is 0 Å². The van der Waals surface area contributed by atoms with Gasteiger partial charge in [0.25, 0.3) is 0 Å². The summed E-state index contributed by atoms with van der Waals surface area (Å²) in [6, 6.07) is 3.90. The van der Waals surface area contributed by atoms with Crippen molar-refractivity contribution in [1.82, 2.24) is 5.32 Å². The van der Waals surface area contributed by atoms with Crippen LogP contribution in [0.1, 0.15) is 18.1 Å². The number of hydrogen-bond donors (Lipinski definition) is 2. The van der Waals surface area contributed by atoms with Crippen LogP contribution < -0.4 is 5.32 Å². The van der Waals surface area contributed by atoms with Crippen molar-refractivity contribution in [2.45, 2.75) is 13.1 Å². The summed E-state index contributed by atoms with van der Waals surface area (Å²) in [5.74, 6) is -1.96. The molecular formula is C12H10F3NO3. The topological polar surface area (TPSA) is 66.4 Å². The Morgan fingerprint density at radius 2 is 1.74 bits per heavy atom. The average Bonchev–Trinajstić information content (AvgIpc) is 2.27. The number of halogens is 3. The molecule has 0 heterocycles. The van der Waals surface area contributed by atoms with Gasteiger partial charge in [0.1, 0.15) is 5.70 Å². The summed E-state index contributed by atoms with van der Waals surface area (Å²) in [5.41, 5.74) is -1.01. The first-order chi connectivity index (χ1) is 8.70. The molecule has 0 atom stereocenters. The molecule has 1 rings (SSSR count). The number of carboxylic acid groups (broad SMARTS) is 1. The molecule has 0 aliphatic rings. The summed E-state index contributed by atoms with van der Waals surface area (Å²) in [7, 11) is 0. The first-order valence-corrected chi connectivity index (χ1v) is 5.10. The number of carboxylic acids is 1. The van der Waals surface area contributed by atoms with Crippen LogP contribution in [-0.2, 0) is 15.8 Å². The minimum Gasteiger partial charge on any atom is -0.477 e. The highest BCUT2D eigenvalue weighted by molar-refractivity contribution is 5.96. The van der Waals surface area contributed by atoms with Crippen LogP contribution >= 0.6 is 0 Å². The van der Waals surface area contributed by atoms with Crippen molar-refractivity contribution >= 4 is 18.0 Å². The smallest absolute Gasteiger partial charge is 0.416 e. The van der Waals surface area contributed by atoms with Crippen LogP contribution in [0.3, 0.4) is 0 Å². The van der Waals surface area contributed by atoms with E-state index < -0.39 is 29.3 Å². The molecule has 7 heteroatoms. The van der Waals surface area contributed by atoms with E-state index in [4.69, 9.17) is 5.11 Å². The van der Waals surface area contributed by atoms with Gasteiger partial charge >= 0.3 is 12.1 Å². The maximum absolute atomic E-state index is 12.3. The molecule has 1 aromatic rings. The lowest BCUT2D eigenvalue weighted by atomic mass is 10.1. The molecular weight excluding hydrogens is 263 g/mol. The van der Waals surface area contributed by atoms with Gasteiger partial charge < -0.3 is 10.4 Å². The molecule has 0 saturated heterocycles. The molecule has 19 heavy (non-hydrogen) atoms. The second-order valence-electron chi connectivity index (χ2n) is 3.66. The zero-order valence-corrected chi connectivity index (χ0v) is 9.78. The van der Waals surface area contributed by atoms with Gasteiger partial charge in [-0.3, -0.25) is 4.79 Å². The maximum Gasteiger partial charge on any atom is 0.416 e. The third kappa shape index (κ3) is 4.46. The minimum absolute atomic E-state index is 0.235. The summed E-state index contributed by atoms with van der Waals surface area (Å²) in [6.07, 6.45) is -3.38. The number of hydrogen-bond acceptors (Lipinski definition) is 2.